The Balaban J connectivity index is 0.979. The maximum absolute atomic E-state index is 13.4. The zero-order valence-corrected chi connectivity index (χ0v) is 26.8. The number of carbonyl (C=O) groups excluding carboxylic acids is 2. The van der Waals surface area contributed by atoms with Gasteiger partial charge in [-0.25, -0.2) is 14.6 Å². The van der Waals surface area contributed by atoms with Crippen LogP contribution in [0.1, 0.15) is 73.8 Å². The van der Waals surface area contributed by atoms with Gasteiger partial charge in [-0.1, -0.05) is 35.9 Å². The number of nitrogens with one attached hydrogen (secondary N) is 1. The van der Waals surface area contributed by atoms with Crippen LogP contribution < -0.4 is 10.2 Å². The summed E-state index contributed by atoms with van der Waals surface area (Å²) in [4.78, 5) is 40.1. The Kier molecular flexibility index (Phi) is 8.53. The molecule has 4 aliphatic heterocycles. The third kappa shape index (κ3) is 6.19. The number of imidazole rings is 1. The number of urea groups is 2. The number of aromatic nitrogens is 2. The normalized spacial score (nSPS) is 22.8. The van der Waals surface area contributed by atoms with Crippen LogP contribution in [0.25, 0.3) is 0 Å². The Labute approximate surface area is 267 Å². The van der Waals surface area contributed by atoms with E-state index in [9.17, 15) is 9.59 Å². The van der Waals surface area contributed by atoms with Crippen LogP contribution >= 0.6 is 0 Å². The summed E-state index contributed by atoms with van der Waals surface area (Å²) in [7, 11) is 0. The van der Waals surface area contributed by atoms with Gasteiger partial charge in [0.1, 0.15) is 5.82 Å². The van der Waals surface area contributed by atoms with E-state index in [4.69, 9.17) is 4.98 Å². The molecule has 0 radical (unpaired) electrons. The van der Waals surface area contributed by atoms with E-state index in [1.54, 1.807) is 0 Å². The van der Waals surface area contributed by atoms with Crippen molar-refractivity contribution >= 4 is 23.4 Å². The molecule has 2 bridgehead atoms. The van der Waals surface area contributed by atoms with Crippen molar-refractivity contribution in [2.75, 3.05) is 42.9 Å². The topological polar surface area (TPSA) is 77.0 Å². The molecule has 1 unspecified atom stereocenters. The zero-order chi connectivity index (χ0) is 30.9. The summed E-state index contributed by atoms with van der Waals surface area (Å²) in [5.74, 6) is 1.10. The fourth-order valence-electron chi connectivity index (χ4n) is 8.31. The van der Waals surface area contributed by atoms with Gasteiger partial charge in [-0.15, -0.1) is 0 Å². The van der Waals surface area contributed by atoms with Gasteiger partial charge in [0, 0.05) is 74.3 Å². The molecule has 3 atom stereocenters. The van der Waals surface area contributed by atoms with Crippen molar-refractivity contribution in [1.29, 1.82) is 0 Å². The molecule has 4 amide bonds. The molecule has 7 rings (SSSR count). The van der Waals surface area contributed by atoms with Gasteiger partial charge < -0.3 is 19.7 Å². The van der Waals surface area contributed by atoms with E-state index in [0.717, 1.165) is 87.6 Å². The fraction of sp³-hybridized carbons (Fsp3) is 0.528. The maximum Gasteiger partial charge on any atom is 0.326 e. The van der Waals surface area contributed by atoms with Crippen LogP contribution in [-0.2, 0) is 13.0 Å². The third-order valence-electron chi connectivity index (χ3n) is 10.5. The minimum atomic E-state index is -0.0900. The number of likely N-dealkylation sites (tertiary alicyclic amines) is 1. The Morgan fingerprint density at radius 3 is 2.31 bits per heavy atom. The molecule has 9 heteroatoms. The van der Waals surface area contributed by atoms with Crippen LogP contribution in [0.5, 0.6) is 0 Å². The van der Waals surface area contributed by atoms with E-state index in [1.165, 1.54) is 24.1 Å². The molecular weight excluding hydrogens is 562 g/mol. The van der Waals surface area contributed by atoms with Gasteiger partial charge in [0.15, 0.2) is 0 Å². The molecule has 1 N–H and O–H groups in total. The average Bonchev–Trinajstić information content (AvgIpc) is 3.76. The lowest BCUT2D eigenvalue weighted by atomic mass is 9.95. The Morgan fingerprint density at radius 2 is 1.60 bits per heavy atom. The van der Waals surface area contributed by atoms with E-state index >= 15 is 0 Å². The van der Waals surface area contributed by atoms with Crippen LogP contribution in [0, 0.1) is 13.8 Å². The van der Waals surface area contributed by atoms with E-state index in [-0.39, 0.29) is 12.1 Å². The number of carbonyl (C=O) groups is 2. The largest absolute Gasteiger partial charge is 0.329 e. The molecule has 1 aromatic heterocycles. The molecule has 2 aromatic carbocycles. The molecule has 4 aliphatic rings. The van der Waals surface area contributed by atoms with Crippen LogP contribution in [0.15, 0.2) is 54.6 Å². The number of anilines is 2. The molecular formula is C36H47N7O2. The minimum Gasteiger partial charge on any atom is -0.329 e. The average molecular weight is 610 g/mol. The first-order valence-electron chi connectivity index (χ1n) is 17.0. The first kappa shape index (κ1) is 29.8. The second-order valence-corrected chi connectivity index (χ2v) is 13.5. The molecule has 3 fully saturated rings. The zero-order valence-electron chi connectivity index (χ0n) is 26.8. The SMILES string of the molecule is Cc1ccc(NC(=O)N(CCCN2[C@@H]3CC[C@H]2CC(n2c(C)nc4c2CCN(C(=O)N2CCCC2)C4)C3)c2ccccc2)cc1. The van der Waals surface area contributed by atoms with Crippen LogP contribution in [-0.4, -0.2) is 81.1 Å². The van der Waals surface area contributed by atoms with Crippen molar-refractivity contribution in [3.05, 3.63) is 77.4 Å². The lowest BCUT2D eigenvalue weighted by Crippen LogP contribution is -2.46. The predicted molar refractivity (Wildman–Crippen MR) is 178 cm³/mol. The van der Waals surface area contributed by atoms with E-state index in [0.29, 0.717) is 31.2 Å². The molecule has 0 aliphatic carbocycles. The number of para-hydroxylation sites is 1. The van der Waals surface area contributed by atoms with Gasteiger partial charge >= 0.3 is 12.1 Å². The Bertz CT molecular complexity index is 1480. The molecule has 0 saturated carbocycles. The highest BCUT2D eigenvalue weighted by atomic mass is 16.2. The van der Waals surface area contributed by atoms with Gasteiger partial charge in [0.05, 0.1) is 12.2 Å². The van der Waals surface area contributed by atoms with Crippen molar-refractivity contribution in [2.45, 2.75) is 89.9 Å². The monoisotopic (exact) mass is 609 g/mol. The van der Waals surface area contributed by atoms with Gasteiger partial charge in [0.25, 0.3) is 0 Å². The number of hydrogen-bond donors (Lipinski definition) is 1. The first-order chi connectivity index (χ1) is 21.9. The first-order valence-corrected chi connectivity index (χ1v) is 17.0. The standard InChI is InChI=1S/C36H47N7O2/c1-26-11-13-28(14-12-26)38-35(44)42(29-9-4-3-5-10-29)21-8-20-41-30-15-16-31(41)24-32(23-30)43-27(2)37-33-25-40(22-17-34(33)43)36(45)39-18-6-7-19-39/h3-5,9-14,30-32H,6-8,15-25H2,1-2H3,(H,38,44)/t30-,31+,32?. The quantitative estimate of drug-likeness (QED) is 0.338. The van der Waals surface area contributed by atoms with Crippen molar-refractivity contribution in [1.82, 2.24) is 24.3 Å². The number of benzene rings is 2. The second kappa shape index (κ2) is 12.9. The molecule has 3 aromatic rings. The summed E-state index contributed by atoms with van der Waals surface area (Å²) in [6.07, 6.45) is 8.83. The maximum atomic E-state index is 13.4. The van der Waals surface area contributed by atoms with Gasteiger partial charge in [-0.05, 0) is 83.1 Å². The third-order valence-corrected chi connectivity index (χ3v) is 10.5. The predicted octanol–water partition coefficient (Wildman–Crippen LogP) is 6.37. The number of rotatable bonds is 7. The van der Waals surface area contributed by atoms with Gasteiger partial charge in [-0.3, -0.25) is 9.80 Å². The number of aryl methyl sites for hydroxylation is 2. The highest BCUT2D eigenvalue weighted by Crippen LogP contribution is 2.42. The second-order valence-electron chi connectivity index (χ2n) is 13.5. The smallest absolute Gasteiger partial charge is 0.326 e. The van der Waals surface area contributed by atoms with Gasteiger partial charge in [-0.2, -0.15) is 0 Å². The summed E-state index contributed by atoms with van der Waals surface area (Å²) >= 11 is 0. The number of nitrogens with zero attached hydrogens (tertiary/aromatic N) is 6. The van der Waals surface area contributed by atoms with Crippen molar-refractivity contribution < 1.29 is 9.59 Å². The van der Waals surface area contributed by atoms with Crippen LogP contribution in [0.2, 0.25) is 0 Å². The Morgan fingerprint density at radius 1 is 0.889 bits per heavy atom. The highest BCUT2D eigenvalue weighted by molar-refractivity contribution is 6.01. The number of fused-ring (bicyclic) bond motifs is 3. The summed E-state index contributed by atoms with van der Waals surface area (Å²) in [6.45, 7) is 9.08. The molecule has 5 heterocycles. The lowest BCUT2D eigenvalue weighted by Gasteiger charge is -2.41. The molecule has 3 saturated heterocycles. The summed E-state index contributed by atoms with van der Waals surface area (Å²) in [5.41, 5.74) is 5.37. The van der Waals surface area contributed by atoms with E-state index in [1.807, 2.05) is 69.3 Å². The van der Waals surface area contributed by atoms with Crippen LogP contribution in [0.3, 0.4) is 0 Å². The van der Waals surface area contributed by atoms with Crippen molar-refractivity contribution in [3.8, 4) is 0 Å². The number of piperidine rings is 1. The van der Waals surface area contributed by atoms with Crippen molar-refractivity contribution in [3.63, 3.8) is 0 Å². The van der Waals surface area contributed by atoms with Crippen molar-refractivity contribution in [2.24, 2.45) is 0 Å². The Hall–Kier alpha value is -3.85. The molecule has 45 heavy (non-hydrogen) atoms. The fourth-order valence-corrected chi connectivity index (χ4v) is 8.31. The van der Waals surface area contributed by atoms with E-state index in [2.05, 4.69) is 28.6 Å². The number of hydrogen-bond acceptors (Lipinski definition) is 4. The molecule has 238 valence electrons. The number of amides is 4. The van der Waals surface area contributed by atoms with Crippen LogP contribution in [0.4, 0.5) is 21.0 Å². The lowest BCUT2D eigenvalue weighted by molar-refractivity contribution is 0.104. The molecule has 9 nitrogen and oxygen atoms in total. The van der Waals surface area contributed by atoms with Gasteiger partial charge in [0.2, 0.25) is 0 Å². The minimum absolute atomic E-state index is 0.0900. The molecule has 0 spiro atoms. The summed E-state index contributed by atoms with van der Waals surface area (Å²) in [5, 5.41) is 3.10. The van der Waals surface area contributed by atoms with E-state index < -0.39 is 0 Å². The highest BCUT2D eigenvalue weighted by Gasteiger charge is 2.42. The summed E-state index contributed by atoms with van der Waals surface area (Å²) < 4.78 is 2.54. The summed E-state index contributed by atoms with van der Waals surface area (Å²) in [6, 6.07) is 19.7.